The summed E-state index contributed by atoms with van der Waals surface area (Å²) in [5.74, 6) is 0.687. The summed E-state index contributed by atoms with van der Waals surface area (Å²) in [7, 11) is 0. The summed E-state index contributed by atoms with van der Waals surface area (Å²) in [6, 6.07) is 5.95. The molecule has 1 N–H and O–H groups in total. The molecule has 0 aliphatic carbocycles. The Hall–Kier alpha value is -1.46. The Balaban J connectivity index is 2.23. The molecule has 5 heteroatoms. The first-order chi connectivity index (χ1) is 8.60. The van der Waals surface area contributed by atoms with E-state index in [4.69, 9.17) is 9.84 Å². The largest absolute Gasteiger partial charge is 0.424 e. The Labute approximate surface area is 114 Å². The van der Waals surface area contributed by atoms with Crippen LogP contribution in [-0.2, 0) is 6.61 Å². The molecule has 18 heavy (non-hydrogen) atoms. The second-order valence-corrected chi connectivity index (χ2v) is 4.79. The molecule has 1 heterocycles. The number of nitrogens with zero attached hydrogens (tertiary/aromatic N) is 2. The minimum Gasteiger partial charge on any atom is -0.424 e. The molecule has 2 rings (SSSR count). The van der Waals surface area contributed by atoms with Crippen LogP contribution in [0.15, 0.2) is 28.9 Å². The fourth-order valence-corrected chi connectivity index (χ4v) is 1.71. The van der Waals surface area contributed by atoms with E-state index in [1.165, 1.54) is 0 Å². The van der Waals surface area contributed by atoms with Crippen LogP contribution in [0, 0.1) is 13.8 Å². The number of benzene rings is 1. The second-order valence-electron chi connectivity index (χ2n) is 3.93. The van der Waals surface area contributed by atoms with Gasteiger partial charge in [0, 0.05) is 16.2 Å². The summed E-state index contributed by atoms with van der Waals surface area (Å²) < 4.78 is 6.60. The first kappa shape index (κ1) is 13.0. The van der Waals surface area contributed by atoms with Crippen molar-refractivity contribution in [3.63, 3.8) is 0 Å². The molecule has 0 radical (unpaired) electrons. The normalized spacial score (nSPS) is 10.4. The lowest BCUT2D eigenvalue weighted by Crippen LogP contribution is -1.98. The molecular weight excluding hydrogens is 296 g/mol. The molecule has 0 spiro atoms. The van der Waals surface area contributed by atoms with Gasteiger partial charge in [0.25, 0.3) is 0 Å². The van der Waals surface area contributed by atoms with Gasteiger partial charge in [0.2, 0.25) is 0 Å². The highest BCUT2D eigenvalue weighted by atomic mass is 79.9. The highest BCUT2D eigenvalue weighted by molar-refractivity contribution is 9.10. The number of hydrogen-bond donors (Lipinski definition) is 1. The summed E-state index contributed by atoms with van der Waals surface area (Å²) >= 11 is 3.43. The van der Waals surface area contributed by atoms with Gasteiger partial charge in [0.15, 0.2) is 0 Å². The molecule has 0 bridgehead atoms. The third kappa shape index (κ3) is 2.86. The van der Waals surface area contributed by atoms with Gasteiger partial charge >= 0.3 is 6.01 Å². The van der Waals surface area contributed by atoms with Crippen molar-refractivity contribution < 1.29 is 9.84 Å². The van der Waals surface area contributed by atoms with Crippen LogP contribution < -0.4 is 4.74 Å². The van der Waals surface area contributed by atoms with E-state index in [1.807, 2.05) is 32.0 Å². The summed E-state index contributed by atoms with van der Waals surface area (Å²) in [4.78, 5) is 8.24. The van der Waals surface area contributed by atoms with E-state index >= 15 is 0 Å². The molecule has 4 nitrogen and oxygen atoms in total. The lowest BCUT2D eigenvalue weighted by Gasteiger charge is -2.07. The Morgan fingerprint density at radius 3 is 2.72 bits per heavy atom. The second kappa shape index (κ2) is 5.46. The van der Waals surface area contributed by atoms with Crippen molar-refractivity contribution in [2.24, 2.45) is 0 Å². The van der Waals surface area contributed by atoms with E-state index in [-0.39, 0.29) is 12.6 Å². The third-order valence-corrected chi connectivity index (χ3v) is 3.46. The number of aromatic nitrogens is 2. The van der Waals surface area contributed by atoms with E-state index < -0.39 is 0 Å². The lowest BCUT2D eigenvalue weighted by molar-refractivity contribution is 0.279. The van der Waals surface area contributed by atoms with Crippen LogP contribution in [0.2, 0.25) is 0 Å². The monoisotopic (exact) mass is 308 g/mol. The van der Waals surface area contributed by atoms with Crippen molar-refractivity contribution in [1.29, 1.82) is 0 Å². The zero-order valence-electron chi connectivity index (χ0n) is 10.1. The van der Waals surface area contributed by atoms with Gasteiger partial charge in [-0.05, 0) is 37.6 Å². The SMILES string of the molecule is Cc1cc(Oc2ncc(CO)c(C)n2)ccc1Br. The summed E-state index contributed by atoms with van der Waals surface area (Å²) in [6.07, 6.45) is 1.57. The standard InChI is InChI=1S/C13H13BrN2O2/c1-8-5-11(3-4-12(8)14)18-13-15-6-10(7-17)9(2)16-13/h3-6,17H,7H2,1-2H3. The smallest absolute Gasteiger partial charge is 0.322 e. The molecular formula is C13H13BrN2O2. The van der Waals surface area contributed by atoms with Gasteiger partial charge in [0.05, 0.1) is 12.3 Å². The van der Waals surface area contributed by atoms with Crippen LogP contribution in [0.4, 0.5) is 0 Å². The minimum atomic E-state index is -0.0660. The molecule has 1 aromatic carbocycles. The van der Waals surface area contributed by atoms with E-state index in [9.17, 15) is 0 Å². The number of hydrogen-bond acceptors (Lipinski definition) is 4. The van der Waals surface area contributed by atoms with Crippen molar-refractivity contribution in [2.75, 3.05) is 0 Å². The van der Waals surface area contributed by atoms with Gasteiger partial charge in [-0.25, -0.2) is 4.98 Å². The van der Waals surface area contributed by atoms with Gasteiger partial charge in [0.1, 0.15) is 5.75 Å². The molecule has 0 amide bonds. The van der Waals surface area contributed by atoms with Crippen LogP contribution >= 0.6 is 15.9 Å². The molecule has 0 unspecified atom stereocenters. The Bertz CT molecular complexity index is 573. The maximum absolute atomic E-state index is 9.04. The lowest BCUT2D eigenvalue weighted by atomic mass is 10.2. The quantitative estimate of drug-likeness (QED) is 0.946. The molecule has 2 aromatic rings. The fourth-order valence-electron chi connectivity index (χ4n) is 1.46. The first-order valence-electron chi connectivity index (χ1n) is 5.47. The molecule has 0 fully saturated rings. The highest BCUT2D eigenvalue weighted by Crippen LogP contribution is 2.24. The van der Waals surface area contributed by atoms with Gasteiger partial charge in [-0.15, -0.1) is 0 Å². The Morgan fingerprint density at radius 1 is 1.33 bits per heavy atom. The Morgan fingerprint density at radius 2 is 2.11 bits per heavy atom. The van der Waals surface area contributed by atoms with E-state index in [2.05, 4.69) is 25.9 Å². The maximum atomic E-state index is 9.04. The number of aliphatic hydroxyl groups excluding tert-OH is 1. The third-order valence-electron chi connectivity index (χ3n) is 2.57. The number of ether oxygens (including phenoxy) is 1. The maximum Gasteiger partial charge on any atom is 0.322 e. The van der Waals surface area contributed by atoms with Crippen LogP contribution in [-0.4, -0.2) is 15.1 Å². The number of halogens is 1. The summed E-state index contributed by atoms with van der Waals surface area (Å²) in [6.45, 7) is 3.73. The van der Waals surface area contributed by atoms with E-state index in [1.54, 1.807) is 6.20 Å². The van der Waals surface area contributed by atoms with Crippen molar-refractivity contribution in [3.05, 3.63) is 45.7 Å². The zero-order chi connectivity index (χ0) is 13.1. The Kier molecular flexibility index (Phi) is 3.93. The molecule has 0 aliphatic heterocycles. The first-order valence-corrected chi connectivity index (χ1v) is 6.27. The molecule has 0 saturated heterocycles. The molecule has 1 aromatic heterocycles. The summed E-state index contributed by atoms with van der Waals surface area (Å²) in [5.41, 5.74) is 2.50. The van der Waals surface area contributed by atoms with E-state index in [0.717, 1.165) is 15.7 Å². The molecule has 94 valence electrons. The van der Waals surface area contributed by atoms with Crippen molar-refractivity contribution >= 4 is 15.9 Å². The topological polar surface area (TPSA) is 55.2 Å². The van der Waals surface area contributed by atoms with Crippen molar-refractivity contribution in [3.8, 4) is 11.8 Å². The van der Waals surface area contributed by atoms with Crippen LogP contribution in [0.3, 0.4) is 0 Å². The van der Waals surface area contributed by atoms with Crippen LogP contribution in [0.25, 0.3) is 0 Å². The molecule has 0 atom stereocenters. The van der Waals surface area contributed by atoms with Gasteiger partial charge < -0.3 is 9.84 Å². The number of aliphatic hydroxyl groups is 1. The van der Waals surface area contributed by atoms with Crippen LogP contribution in [0.5, 0.6) is 11.8 Å². The summed E-state index contributed by atoms with van der Waals surface area (Å²) in [5, 5.41) is 9.04. The van der Waals surface area contributed by atoms with Crippen LogP contribution in [0.1, 0.15) is 16.8 Å². The number of aryl methyl sites for hydroxylation is 2. The van der Waals surface area contributed by atoms with Gasteiger partial charge in [-0.1, -0.05) is 15.9 Å². The fraction of sp³-hybridized carbons (Fsp3) is 0.231. The number of rotatable bonds is 3. The van der Waals surface area contributed by atoms with Gasteiger partial charge in [-0.2, -0.15) is 4.98 Å². The van der Waals surface area contributed by atoms with Crippen molar-refractivity contribution in [1.82, 2.24) is 9.97 Å². The minimum absolute atomic E-state index is 0.0660. The molecule has 0 aliphatic rings. The predicted molar refractivity (Wildman–Crippen MR) is 71.6 cm³/mol. The average Bonchev–Trinajstić information content (AvgIpc) is 2.34. The van der Waals surface area contributed by atoms with Crippen molar-refractivity contribution in [2.45, 2.75) is 20.5 Å². The van der Waals surface area contributed by atoms with E-state index in [0.29, 0.717) is 11.3 Å². The molecule has 0 saturated carbocycles. The average molecular weight is 309 g/mol. The zero-order valence-corrected chi connectivity index (χ0v) is 11.7. The highest BCUT2D eigenvalue weighted by Gasteiger charge is 2.05. The predicted octanol–water partition coefficient (Wildman–Crippen LogP) is 3.14. The van der Waals surface area contributed by atoms with Gasteiger partial charge in [-0.3, -0.25) is 0 Å².